The monoisotopic (exact) mass is 241 g/mol. The maximum Gasteiger partial charge on any atom is 0.0927 e. The van der Waals surface area contributed by atoms with Crippen molar-refractivity contribution >= 4 is 28.6 Å². The first-order valence-electron chi connectivity index (χ1n) is 3.54. The predicted molar refractivity (Wildman–Crippen MR) is 56.2 cm³/mol. The van der Waals surface area contributed by atoms with Crippen LogP contribution in [0.1, 0.15) is 5.56 Å². The fraction of sp³-hybridized carbons (Fsp3) is 0.222. The Morgan fingerprint density at radius 2 is 2.00 bits per heavy atom. The molecule has 1 aromatic rings. The number of thiol groups is 1. The molecular formula is C9H8BrNS. The Hall–Kier alpha value is -0.460. The van der Waals surface area contributed by atoms with Gasteiger partial charge in [-0.1, -0.05) is 28.1 Å². The molecule has 0 aliphatic heterocycles. The molecule has 12 heavy (non-hydrogen) atoms. The van der Waals surface area contributed by atoms with E-state index in [9.17, 15) is 0 Å². The first kappa shape index (κ1) is 9.63. The zero-order valence-electron chi connectivity index (χ0n) is 6.37. The van der Waals surface area contributed by atoms with E-state index in [2.05, 4.69) is 34.6 Å². The number of benzene rings is 1. The molecule has 1 atom stereocenters. The van der Waals surface area contributed by atoms with Gasteiger partial charge in [0.1, 0.15) is 0 Å². The van der Waals surface area contributed by atoms with E-state index in [1.54, 1.807) is 0 Å². The molecule has 0 aliphatic rings. The molecule has 0 saturated heterocycles. The van der Waals surface area contributed by atoms with Crippen LogP contribution >= 0.6 is 28.6 Å². The van der Waals surface area contributed by atoms with Crippen LogP contribution in [0.3, 0.4) is 0 Å². The number of nitrogens with zero attached hydrogens (tertiary/aromatic N) is 1. The number of halogens is 1. The molecule has 0 radical (unpaired) electrons. The Kier molecular flexibility index (Phi) is 3.64. The second-order valence-electron chi connectivity index (χ2n) is 2.48. The molecule has 1 rings (SSSR count). The van der Waals surface area contributed by atoms with Gasteiger partial charge in [0.25, 0.3) is 0 Å². The summed E-state index contributed by atoms with van der Waals surface area (Å²) in [5.74, 6) is 0. The van der Waals surface area contributed by atoms with Crippen molar-refractivity contribution in [2.45, 2.75) is 11.7 Å². The van der Waals surface area contributed by atoms with E-state index in [0.29, 0.717) is 6.42 Å². The standard InChI is InChI=1S/C9H8BrNS/c10-8-3-1-7(2-4-8)5-9(12)6-11/h1-4,9,12H,5H2. The number of hydrogen-bond acceptors (Lipinski definition) is 2. The number of nitriles is 1. The largest absolute Gasteiger partial charge is 0.197 e. The lowest BCUT2D eigenvalue weighted by Gasteiger charge is -2.01. The minimum atomic E-state index is -0.203. The highest BCUT2D eigenvalue weighted by Crippen LogP contribution is 2.12. The van der Waals surface area contributed by atoms with Crippen LogP contribution in [-0.4, -0.2) is 5.25 Å². The second-order valence-corrected chi connectivity index (χ2v) is 4.01. The van der Waals surface area contributed by atoms with Crippen molar-refractivity contribution in [1.82, 2.24) is 0 Å². The van der Waals surface area contributed by atoms with E-state index >= 15 is 0 Å². The molecule has 0 amide bonds. The summed E-state index contributed by atoms with van der Waals surface area (Å²) < 4.78 is 1.05. The van der Waals surface area contributed by atoms with E-state index in [4.69, 9.17) is 5.26 Å². The average Bonchev–Trinajstić information content (AvgIpc) is 2.09. The number of hydrogen-bond donors (Lipinski definition) is 1. The molecule has 0 fully saturated rings. The third kappa shape index (κ3) is 2.88. The van der Waals surface area contributed by atoms with Crippen molar-refractivity contribution in [3.63, 3.8) is 0 Å². The summed E-state index contributed by atoms with van der Waals surface area (Å²) in [7, 11) is 0. The van der Waals surface area contributed by atoms with Gasteiger partial charge in [-0.15, -0.1) is 0 Å². The van der Waals surface area contributed by atoms with Gasteiger partial charge in [0, 0.05) is 4.47 Å². The van der Waals surface area contributed by atoms with Gasteiger partial charge in [0.15, 0.2) is 0 Å². The molecule has 3 heteroatoms. The summed E-state index contributed by atoms with van der Waals surface area (Å²) in [6.07, 6.45) is 0.701. The van der Waals surface area contributed by atoms with Gasteiger partial charge in [0.05, 0.1) is 11.3 Å². The van der Waals surface area contributed by atoms with Crippen molar-refractivity contribution in [3.8, 4) is 6.07 Å². The van der Waals surface area contributed by atoms with Gasteiger partial charge in [-0.05, 0) is 24.1 Å². The van der Waals surface area contributed by atoms with Gasteiger partial charge in [-0.25, -0.2) is 0 Å². The maximum atomic E-state index is 8.52. The van der Waals surface area contributed by atoms with E-state index in [1.807, 2.05) is 24.3 Å². The van der Waals surface area contributed by atoms with E-state index < -0.39 is 0 Å². The Morgan fingerprint density at radius 1 is 1.42 bits per heavy atom. The minimum Gasteiger partial charge on any atom is -0.197 e. The van der Waals surface area contributed by atoms with Crippen molar-refractivity contribution in [1.29, 1.82) is 5.26 Å². The molecule has 0 heterocycles. The summed E-state index contributed by atoms with van der Waals surface area (Å²) in [4.78, 5) is 0. The van der Waals surface area contributed by atoms with Crippen LogP contribution in [0.2, 0.25) is 0 Å². The van der Waals surface area contributed by atoms with Gasteiger partial charge in [0.2, 0.25) is 0 Å². The first-order chi connectivity index (χ1) is 5.72. The van der Waals surface area contributed by atoms with Crippen molar-refractivity contribution in [2.24, 2.45) is 0 Å². The third-order valence-electron chi connectivity index (χ3n) is 1.49. The highest BCUT2D eigenvalue weighted by molar-refractivity contribution is 9.10. The number of rotatable bonds is 2. The third-order valence-corrected chi connectivity index (χ3v) is 2.32. The van der Waals surface area contributed by atoms with Crippen LogP contribution in [0.25, 0.3) is 0 Å². The van der Waals surface area contributed by atoms with Gasteiger partial charge in [-0.3, -0.25) is 0 Å². The van der Waals surface area contributed by atoms with Crippen molar-refractivity contribution < 1.29 is 0 Å². The quantitative estimate of drug-likeness (QED) is 0.792. The Morgan fingerprint density at radius 3 is 2.50 bits per heavy atom. The Bertz CT molecular complexity index is 288. The van der Waals surface area contributed by atoms with Crippen LogP contribution in [-0.2, 0) is 6.42 Å². The summed E-state index contributed by atoms with van der Waals surface area (Å²) >= 11 is 7.44. The van der Waals surface area contributed by atoms with Crippen LogP contribution in [0.4, 0.5) is 0 Å². The van der Waals surface area contributed by atoms with Gasteiger partial charge < -0.3 is 0 Å². The van der Waals surface area contributed by atoms with Crippen LogP contribution in [0, 0.1) is 11.3 Å². The first-order valence-corrected chi connectivity index (χ1v) is 4.85. The molecule has 0 bridgehead atoms. The lowest BCUT2D eigenvalue weighted by molar-refractivity contribution is 1.04. The molecular weight excluding hydrogens is 234 g/mol. The molecule has 1 unspecified atom stereocenters. The van der Waals surface area contributed by atoms with E-state index in [1.165, 1.54) is 0 Å². The molecule has 0 spiro atoms. The van der Waals surface area contributed by atoms with Crippen molar-refractivity contribution in [3.05, 3.63) is 34.3 Å². The predicted octanol–water partition coefficient (Wildman–Crippen LogP) is 2.81. The lowest BCUT2D eigenvalue weighted by Crippen LogP contribution is -1.98. The van der Waals surface area contributed by atoms with Gasteiger partial charge in [-0.2, -0.15) is 17.9 Å². The normalized spacial score (nSPS) is 12.1. The lowest BCUT2D eigenvalue weighted by atomic mass is 10.1. The van der Waals surface area contributed by atoms with Gasteiger partial charge >= 0.3 is 0 Å². The smallest absolute Gasteiger partial charge is 0.0927 e. The molecule has 1 nitrogen and oxygen atoms in total. The van der Waals surface area contributed by atoms with E-state index in [0.717, 1.165) is 10.0 Å². The molecule has 1 aromatic carbocycles. The summed E-state index contributed by atoms with van der Waals surface area (Å²) in [6, 6.07) is 9.99. The zero-order valence-corrected chi connectivity index (χ0v) is 8.85. The molecule has 62 valence electrons. The second kappa shape index (κ2) is 4.54. The molecule has 0 saturated carbocycles. The van der Waals surface area contributed by atoms with E-state index in [-0.39, 0.29) is 5.25 Å². The molecule has 0 N–H and O–H groups in total. The van der Waals surface area contributed by atoms with Crippen LogP contribution in [0.15, 0.2) is 28.7 Å². The van der Waals surface area contributed by atoms with Crippen molar-refractivity contribution in [2.75, 3.05) is 0 Å². The summed E-state index contributed by atoms with van der Waals surface area (Å²) in [6.45, 7) is 0. The maximum absolute atomic E-state index is 8.52. The Balaban J connectivity index is 2.66. The minimum absolute atomic E-state index is 0.203. The fourth-order valence-electron chi connectivity index (χ4n) is 0.889. The summed E-state index contributed by atoms with van der Waals surface area (Å²) in [5.41, 5.74) is 1.14. The highest BCUT2D eigenvalue weighted by Gasteiger charge is 2.01. The fourth-order valence-corrected chi connectivity index (χ4v) is 1.36. The highest BCUT2D eigenvalue weighted by atomic mass is 79.9. The average molecular weight is 242 g/mol. The van der Waals surface area contributed by atoms with Crippen LogP contribution in [0.5, 0.6) is 0 Å². The topological polar surface area (TPSA) is 23.8 Å². The zero-order chi connectivity index (χ0) is 8.97. The SMILES string of the molecule is N#CC(S)Cc1ccc(Br)cc1. The van der Waals surface area contributed by atoms with Crippen LogP contribution < -0.4 is 0 Å². The molecule has 0 aliphatic carbocycles. The summed E-state index contributed by atoms with van der Waals surface area (Å²) in [5, 5.41) is 8.31. The molecule has 0 aromatic heterocycles. The Labute approximate surface area is 85.9 Å².